The van der Waals surface area contributed by atoms with E-state index in [1.165, 1.54) is 0 Å². The Hall–Kier alpha value is -3.06. The summed E-state index contributed by atoms with van der Waals surface area (Å²) in [7, 11) is 1.61. The number of morpholine rings is 1. The minimum Gasteiger partial charge on any atom is -0.497 e. The molecule has 2 aromatic carbocycles. The fourth-order valence-corrected chi connectivity index (χ4v) is 4.05. The highest BCUT2D eigenvalue weighted by molar-refractivity contribution is 6.03. The summed E-state index contributed by atoms with van der Waals surface area (Å²) in [5, 5.41) is 5.86. The summed E-state index contributed by atoms with van der Waals surface area (Å²) in [5.41, 5.74) is 4.56. The summed E-state index contributed by atoms with van der Waals surface area (Å²) in [6.45, 7) is 5.51. The van der Waals surface area contributed by atoms with Gasteiger partial charge in [-0.1, -0.05) is 6.07 Å². The first kappa shape index (κ1) is 20.2. The number of hydrogen-bond acceptors (Lipinski definition) is 5. The number of carbonyl (C=O) groups excluding carboxylic acids is 2. The Morgan fingerprint density at radius 2 is 2.03 bits per heavy atom. The van der Waals surface area contributed by atoms with E-state index in [-0.39, 0.29) is 17.7 Å². The van der Waals surface area contributed by atoms with E-state index in [1.807, 2.05) is 36.4 Å². The van der Waals surface area contributed by atoms with Crippen LogP contribution in [0.5, 0.6) is 5.75 Å². The van der Waals surface area contributed by atoms with E-state index in [0.717, 1.165) is 41.3 Å². The maximum atomic E-state index is 12.7. The van der Waals surface area contributed by atoms with Crippen molar-refractivity contribution < 1.29 is 19.1 Å². The van der Waals surface area contributed by atoms with Crippen molar-refractivity contribution in [2.75, 3.05) is 50.2 Å². The lowest BCUT2D eigenvalue weighted by molar-refractivity contribution is -0.117. The Labute approximate surface area is 176 Å². The van der Waals surface area contributed by atoms with E-state index in [2.05, 4.69) is 22.5 Å². The number of ether oxygens (including phenoxy) is 2. The maximum absolute atomic E-state index is 12.7. The molecule has 0 bridgehead atoms. The summed E-state index contributed by atoms with van der Waals surface area (Å²) < 4.78 is 10.7. The largest absolute Gasteiger partial charge is 0.497 e. The first-order valence-electron chi connectivity index (χ1n) is 10.3. The van der Waals surface area contributed by atoms with Gasteiger partial charge >= 0.3 is 0 Å². The molecule has 2 heterocycles. The third kappa shape index (κ3) is 4.11. The quantitative estimate of drug-likeness (QED) is 0.767. The van der Waals surface area contributed by atoms with Gasteiger partial charge in [0.25, 0.3) is 5.91 Å². The summed E-state index contributed by atoms with van der Waals surface area (Å²) >= 11 is 0. The van der Waals surface area contributed by atoms with Crippen molar-refractivity contribution >= 4 is 23.2 Å². The van der Waals surface area contributed by atoms with E-state index in [1.54, 1.807) is 7.11 Å². The molecule has 1 atom stereocenters. The number of nitrogens with zero attached hydrogens (tertiary/aromatic N) is 1. The molecule has 2 aliphatic heterocycles. The van der Waals surface area contributed by atoms with Gasteiger partial charge in [-0.15, -0.1) is 0 Å². The average molecular weight is 409 g/mol. The highest BCUT2D eigenvalue weighted by atomic mass is 16.5. The van der Waals surface area contributed by atoms with Crippen molar-refractivity contribution in [3.8, 4) is 5.75 Å². The molecule has 1 fully saturated rings. The third-order valence-corrected chi connectivity index (χ3v) is 5.75. The molecule has 2 amide bonds. The van der Waals surface area contributed by atoms with Crippen LogP contribution in [-0.2, 0) is 9.53 Å². The molecule has 7 heteroatoms. The molecular formula is C23H27N3O4. The fourth-order valence-electron chi connectivity index (χ4n) is 4.05. The lowest BCUT2D eigenvalue weighted by Crippen LogP contribution is -2.37. The summed E-state index contributed by atoms with van der Waals surface area (Å²) in [6, 6.07) is 11.3. The van der Waals surface area contributed by atoms with E-state index < -0.39 is 0 Å². The summed E-state index contributed by atoms with van der Waals surface area (Å²) in [4.78, 5) is 27.3. The summed E-state index contributed by atoms with van der Waals surface area (Å²) in [6.07, 6.45) is 0.528. The molecule has 4 rings (SSSR count). The first-order valence-corrected chi connectivity index (χ1v) is 10.3. The first-order chi connectivity index (χ1) is 14.6. The smallest absolute Gasteiger partial charge is 0.251 e. The SMILES string of the molecule is COc1ccc2c(c1)[C@@H](CCNC(=O)c1ccc(C)c(N3CCOCC3)c1)C(=O)N2. The zero-order chi connectivity index (χ0) is 21.1. The number of rotatable bonds is 6. The third-order valence-electron chi connectivity index (χ3n) is 5.75. The van der Waals surface area contributed by atoms with Gasteiger partial charge in [0.15, 0.2) is 0 Å². The number of aryl methyl sites for hydroxylation is 1. The Morgan fingerprint density at radius 1 is 1.23 bits per heavy atom. The number of anilines is 2. The predicted molar refractivity (Wildman–Crippen MR) is 116 cm³/mol. The van der Waals surface area contributed by atoms with Crippen LogP contribution in [0.1, 0.15) is 33.8 Å². The van der Waals surface area contributed by atoms with Gasteiger partial charge in [0.1, 0.15) is 5.75 Å². The van der Waals surface area contributed by atoms with E-state index in [9.17, 15) is 9.59 Å². The highest BCUT2D eigenvalue weighted by Gasteiger charge is 2.30. The lowest BCUT2D eigenvalue weighted by atomic mass is 9.97. The van der Waals surface area contributed by atoms with Gasteiger partial charge in [-0.25, -0.2) is 0 Å². The zero-order valence-corrected chi connectivity index (χ0v) is 17.4. The number of methoxy groups -OCH3 is 1. The minimum atomic E-state index is -0.294. The second-order valence-electron chi connectivity index (χ2n) is 7.64. The predicted octanol–water partition coefficient (Wildman–Crippen LogP) is 2.70. The van der Waals surface area contributed by atoms with Crippen LogP contribution in [0.3, 0.4) is 0 Å². The molecule has 0 aliphatic carbocycles. The number of nitrogens with one attached hydrogen (secondary N) is 2. The van der Waals surface area contributed by atoms with Crippen LogP contribution in [0.15, 0.2) is 36.4 Å². The van der Waals surface area contributed by atoms with Crippen LogP contribution in [-0.4, -0.2) is 51.8 Å². The Balaban J connectivity index is 1.39. The average Bonchev–Trinajstić information content (AvgIpc) is 3.09. The Kier molecular flexibility index (Phi) is 5.90. The molecular weight excluding hydrogens is 382 g/mol. The second-order valence-corrected chi connectivity index (χ2v) is 7.64. The molecule has 0 unspecified atom stereocenters. The molecule has 0 spiro atoms. The van der Waals surface area contributed by atoms with Gasteiger partial charge in [-0.3, -0.25) is 9.59 Å². The molecule has 0 saturated carbocycles. The molecule has 0 aromatic heterocycles. The van der Waals surface area contributed by atoms with Crippen molar-refractivity contribution in [3.63, 3.8) is 0 Å². The van der Waals surface area contributed by atoms with Crippen LogP contribution in [0.25, 0.3) is 0 Å². The van der Waals surface area contributed by atoms with Crippen LogP contribution in [0.2, 0.25) is 0 Å². The van der Waals surface area contributed by atoms with E-state index >= 15 is 0 Å². The topological polar surface area (TPSA) is 79.9 Å². The second kappa shape index (κ2) is 8.75. The van der Waals surface area contributed by atoms with Crippen molar-refractivity contribution in [3.05, 3.63) is 53.1 Å². The summed E-state index contributed by atoms with van der Waals surface area (Å²) in [5.74, 6) is 0.248. The van der Waals surface area contributed by atoms with Crippen molar-refractivity contribution in [1.29, 1.82) is 0 Å². The van der Waals surface area contributed by atoms with Crippen LogP contribution >= 0.6 is 0 Å². The molecule has 2 aliphatic rings. The van der Waals surface area contributed by atoms with Gasteiger partial charge in [-0.2, -0.15) is 0 Å². The number of hydrogen-bond donors (Lipinski definition) is 2. The molecule has 2 aromatic rings. The molecule has 158 valence electrons. The molecule has 7 nitrogen and oxygen atoms in total. The van der Waals surface area contributed by atoms with Gasteiger partial charge in [-0.05, 0) is 54.8 Å². The molecule has 0 radical (unpaired) electrons. The number of benzene rings is 2. The van der Waals surface area contributed by atoms with Gasteiger partial charge in [0.05, 0.1) is 26.2 Å². The lowest BCUT2D eigenvalue weighted by Gasteiger charge is -2.30. The Morgan fingerprint density at radius 3 is 2.80 bits per heavy atom. The molecule has 30 heavy (non-hydrogen) atoms. The molecule has 1 saturated heterocycles. The van der Waals surface area contributed by atoms with Crippen molar-refractivity contribution in [1.82, 2.24) is 5.32 Å². The fraction of sp³-hybridized carbons (Fsp3) is 0.391. The molecule has 2 N–H and O–H groups in total. The zero-order valence-electron chi connectivity index (χ0n) is 17.4. The van der Waals surface area contributed by atoms with Crippen LogP contribution in [0, 0.1) is 6.92 Å². The van der Waals surface area contributed by atoms with E-state index in [0.29, 0.717) is 31.7 Å². The van der Waals surface area contributed by atoms with Crippen LogP contribution < -0.4 is 20.3 Å². The van der Waals surface area contributed by atoms with Crippen molar-refractivity contribution in [2.24, 2.45) is 0 Å². The van der Waals surface area contributed by atoms with Gasteiger partial charge in [0, 0.05) is 36.6 Å². The normalized spacial score (nSPS) is 18.0. The maximum Gasteiger partial charge on any atom is 0.251 e. The van der Waals surface area contributed by atoms with Gasteiger partial charge in [0.2, 0.25) is 5.91 Å². The standard InChI is InChI=1S/C23H27N3O4/c1-15-3-4-16(13-21(15)26-9-11-30-12-10-26)22(27)24-8-7-18-19-14-17(29-2)5-6-20(19)25-23(18)28/h3-6,13-14,18H,7-12H2,1-2H3,(H,24,27)(H,25,28)/t18-/m1/s1. The van der Waals surface area contributed by atoms with Crippen LogP contribution in [0.4, 0.5) is 11.4 Å². The van der Waals surface area contributed by atoms with Gasteiger partial charge < -0.3 is 25.0 Å². The monoisotopic (exact) mass is 409 g/mol. The minimum absolute atomic E-state index is 0.0440. The van der Waals surface area contributed by atoms with E-state index in [4.69, 9.17) is 9.47 Å². The number of amides is 2. The number of carbonyl (C=O) groups is 2. The Bertz CT molecular complexity index is 953. The number of fused-ring (bicyclic) bond motifs is 1. The van der Waals surface area contributed by atoms with Crippen molar-refractivity contribution in [2.45, 2.75) is 19.3 Å². The highest BCUT2D eigenvalue weighted by Crippen LogP contribution is 2.36.